The van der Waals surface area contributed by atoms with E-state index in [4.69, 9.17) is 9.68 Å². The Kier molecular flexibility index (Phi) is 5.73. The third kappa shape index (κ3) is 4.44. The molecular formula is C16H17N3O4S. The number of hydrogen-bond acceptors (Lipinski definition) is 5. The van der Waals surface area contributed by atoms with Crippen molar-refractivity contribution in [2.24, 2.45) is 0 Å². The van der Waals surface area contributed by atoms with Gasteiger partial charge >= 0.3 is 0 Å². The van der Waals surface area contributed by atoms with Gasteiger partial charge < -0.3 is 9.73 Å². The van der Waals surface area contributed by atoms with Crippen LogP contribution >= 0.6 is 0 Å². The molecule has 24 heavy (non-hydrogen) atoms. The summed E-state index contributed by atoms with van der Waals surface area (Å²) in [6, 6.07) is 10.6. The van der Waals surface area contributed by atoms with Gasteiger partial charge in [0.2, 0.25) is 10.0 Å². The maximum atomic E-state index is 12.2. The molecule has 0 bridgehead atoms. The first kappa shape index (κ1) is 17.7. The maximum absolute atomic E-state index is 12.2. The van der Waals surface area contributed by atoms with Crippen LogP contribution < -0.4 is 10.0 Å². The van der Waals surface area contributed by atoms with Crippen LogP contribution in [0.25, 0.3) is 0 Å². The smallest absolute Gasteiger partial charge is 0.251 e. The Morgan fingerprint density at radius 2 is 2.00 bits per heavy atom. The quantitative estimate of drug-likeness (QED) is 0.744. The van der Waals surface area contributed by atoms with Crippen molar-refractivity contribution in [1.29, 1.82) is 5.26 Å². The van der Waals surface area contributed by atoms with Crippen LogP contribution in [0.2, 0.25) is 0 Å². The third-order valence-electron chi connectivity index (χ3n) is 3.27. The summed E-state index contributed by atoms with van der Waals surface area (Å²) in [6.45, 7) is 1.83. The average Bonchev–Trinajstić information content (AvgIpc) is 3.09. The van der Waals surface area contributed by atoms with E-state index >= 15 is 0 Å². The Balaban J connectivity index is 2.03. The Bertz CT molecular complexity index is 821. The normalized spacial score (nSPS) is 12.3. The Morgan fingerprint density at radius 1 is 1.29 bits per heavy atom. The minimum Gasteiger partial charge on any atom is -0.467 e. The van der Waals surface area contributed by atoms with Gasteiger partial charge in [0.15, 0.2) is 0 Å². The predicted molar refractivity (Wildman–Crippen MR) is 86.4 cm³/mol. The summed E-state index contributed by atoms with van der Waals surface area (Å²) in [5.41, 5.74) is 0.337. The van der Waals surface area contributed by atoms with Crippen molar-refractivity contribution in [2.45, 2.75) is 24.3 Å². The van der Waals surface area contributed by atoms with E-state index in [-0.39, 0.29) is 29.8 Å². The second kappa shape index (κ2) is 7.77. The third-order valence-corrected chi connectivity index (χ3v) is 4.75. The van der Waals surface area contributed by atoms with E-state index < -0.39 is 10.0 Å². The minimum absolute atomic E-state index is 0.0380. The number of amides is 1. The molecular weight excluding hydrogens is 330 g/mol. The summed E-state index contributed by atoms with van der Waals surface area (Å²) in [7, 11) is -3.68. The van der Waals surface area contributed by atoms with E-state index in [0.717, 1.165) is 0 Å². The van der Waals surface area contributed by atoms with Crippen molar-refractivity contribution in [3.8, 4) is 6.07 Å². The molecule has 2 rings (SSSR count). The van der Waals surface area contributed by atoms with Gasteiger partial charge in [-0.25, -0.2) is 13.1 Å². The maximum Gasteiger partial charge on any atom is 0.251 e. The fourth-order valence-electron chi connectivity index (χ4n) is 2.00. The summed E-state index contributed by atoms with van der Waals surface area (Å²) >= 11 is 0. The first-order valence-corrected chi connectivity index (χ1v) is 8.73. The highest BCUT2D eigenvalue weighted by Gasteiger charge is 2.16. The van der Waals surface area contributed by atoms with Gasteiger partial charge in [0, 0.05) is 18.5 Å². The highest BCUT2D eigenvalue weighted by Crippen LogP contribution is 2.15. The summed E-state index contributed by atoms with van der Waals surface area (Å²) in [5.74, 6) is 0.296. The largest absolute Gasteiger partial charge is 0.467 e. The van der Waals surface area contributed by atoms with Gasteiger partial charge in [-0.15, -0.1) is 0 Å². The molecule has 1 atom stereocenters. The molecule has 0 fully saturated rings. The molecule has 2 aromatic rings. The number of furan rings is 1. The lowest BCUT2D eigenvalue weighted by atomic mass is 10.2. The SMILES string of the molecule is C[C@@H](NC(=O)c1ccc(S(=O)(=O)NCCC#N)cc1)c1ccco1. The Morgan fingerprint density at radius 3 is 2.58 bits per heavy atom. The van der Waals surface area contributed by atoms with Crippen LogP contribution in [0, 0.1) is 11.3 Å². The van der Waals surface area contributed by atoms with Crippen molar-refractivity contribution < 1.29 is 17.6 Å². The van der Waals surface area contributed by atoms with Crippen LogP contribution in [0.15, 0.2) is 52.0 Å². The molecule has 0 radical (unpaired) electrons. The number of nitrogens with one attached hydrogen (secondary N) is 2. The zero-order valence-corrected chi connectivity index (χ0v) is 13.8. The second-order valence-electron chi connectivity index (χ2n) is 5.04. The second-order valence-corrected chi connectivity index (χ2v) is 6.81. The van der Waals surface area contributed by atoms with Crippen molar-refractivity contribution in [3.05, 3.63) is 54.0 Å². The number of nitriles is 1. The van der Waals surface area contributed by atoms with Crippen LogP contribution in [0.5, 0.6) is 0 Å². The number of hydrogen-bond donors (Lipinski definition) is 2. The van der Waals surface area contributed by atoms with Crippen LogP contribution in [0.4, 0.5) is 0 Å². The summed E-state index contributed by atoms with van der Waals surface area (Å²) < 4.78 is 31.5. The van der Waals surface area contributed by atoms with Gasteiger partial charge in [0.1, 0.15) is 5.76 Å². The van der Waals surface area contributed by atoms with Crippen molar-refractivity contribution in [3.63, 3.8) is 0 Å². The first-order chi connectivity index (χ1) is 11.4. The topological polar surface area (TPSA) is 112 Å². The van der Waals surface area contributed by atoms with Gasteiger partial charge in [-0.2, -0.15) is 5.26 Å². The number of carbonyl (C=O) groups excluding carboxylic acids is 1. The van der Waals surface area contributed by atoms with Crippen molar-refractivity contribution in [1.82, 2.24) is 10.0 Å². The molecule has 0 aliphatic carbocycles. The van der Waals surface area contributed by atoms with E-state index in [1.165, 1.54) is 30.5 Å². The molecule has 1 aromatic heterocycles. The Labute approximate surface area is 140 Å². The van der Waals surface area contributed by atoms with Crippen molar-refractivity contribution in [2.75, 3.05) is 6.54 Å². The van der Waals surface area contributed by atoms with Gasteiger partial charge in [0.25, 0.3) is 5.91 Å². The standard InChI is InChI=1S/C16H17N3O4S/c1-12(15-4-2-11-23-15)19-16(20)13-5-7-14(8-6-13)24(21,22)18-10-3-9-17/h2,4-8,11-12,18H,3,10H2,1H3,(H,19,20)/t12-/m1/s1. The van der Waals surface area contributed by atoms with Crippen molar-refractivity contribution >= 4 is 15.9 Å². The van der Waals surface area contributed by atoms with Gasteiger partial charge in [-0.1, -0.05) is 0 Å². The fourth-order valence-corrected chi connectivity index (χ4v) is 3.03. The lowest BCUT2D eigenvalue weighted by Gasteiger charge is -2.12. The van der Waals surface area contributed by atoms with Gasteiger partial charge in [0.05, 0.1) is 23.3 Å². The first-order valence-electron chi connectivity index (χ1n) is 7.25. The van der Waals surface area contributed by atoms with Gasteiger partial charge in [-0.05, 0) is 43.3 Å². The number of carbonyl (C=O) groups is 1. The highest BCUT2D eigenvalue weighted by atomic mass is 32.2. The summed E-state index contributed by atoms with van der Waals surface area (Å²) in [5, 5.41) is 11.2. The molecule has 0 aliphatic rings. The van der Waals surface area contributed by atoms with E-state index in [9.17, 15) is 13.2 Å². The van der Waals surface area contributed by atoms with Gasteiger partial charge in [-0.3, -0.25) is 4.79 Å². The van der Waals surface area contributed by atoms with E-state index in [1.807, 2.05) is 6.07 Å². The molecule has 1 aromatic carbocycles. The molecule has 1 heterocycles. The van der Waals surface area contributed by atoms with Crippen LogP contribution in [-0.4, -0.2) is 20.9 Å². The molecule has 0 aliphatic heterocycles. The van der Waals surface area contributed by atoms with Crippen LogP contribution in [0.1, 0.15) is 35.5 Å². The van der Waals surface area contributed by atoms with Crippen LogP contribution in [0.3, 0.4) is 0 Å². The summed E-state index contributed by atoms with van der Waals surface area (Å²) in [6.07, 6.45) is 1.61. The number of rotatable bonds is 7. The zero-order valence-electron chi connectivity index (χ0n) is 13.0. The molecule has 8 heteroatoms. The van der Waals surface area contributed by atoms with E-state index in [2.05, 4.69) is 10.0 Å². The number of nitrogens with zero attached hydrogens (tertiary/aromatic N) is 1. The molecule has 0 saturated carbocycles. The molecule has 0 saturated heterocycles. The number of benzene rings is 1. The lowest BCUT2D eigenvalue weighted by Crippen LogP contribution is -2.27. The molecule has 1 amide bonds. The average molecular weight is 347 g/mol. The molecule has 2 N–H and O–H groups in total. The minimum atomic E-state index is -3.68. The molecule has 126 valence electrons. The zero-order chi connectivity index (χ0) is 17.6. The predicted octanol–water partition coefficient (Wildman–Crippen LogP) is 1.96. The number of sulfonamides is 1. The van der Waals surface area contributed by atoms with E-state index in [1.54, 1.807) is 19.1 Å². The summed E-state index contributed by atoms with van der Waals surface area (Å²) in [4.78, 5) is 12.2. The molecule has 7 nitrogen and oxygen atoms in total. The Hall–Kier alpha value is -2.63. The lowest BCUT2D eigenvalue weighted by molar-refractivity contribution is 0.0935. The van der Waals surface area contributed by atoms with E-state index in [0.29, 0.717) is 11.3 Å². The fraction of sp³-hybridized carbons (Fsp3) is 0.250. The monoisotopic (exact) mass is 347 g/mol. The molecule has 0 unspecified atom stereocenters. The molecule has 0 spiro atoms. The van der Waals surface area contributed by atoms with Crippen LogP contribution in [-0.2, 0) is 10.0 Å². The highest BCUT2D eigenvalue weighted by molar-refractivity contribution is 7.89.